The number of amides is 1. The van der Waals surface area contributed by atoms with Crippen molar-refractivity contribution in [1.82, 2.24) is 10.6 Å². The third kappa shape index (κ3) is 4.97. The first-order valence-electron chi connectivity index (χ1n) is 6.43. The maximum atomic E-state index is 11.7. The average molecular weight is 226 g/mol. The zero-order chi connectivity index (χ0) is 12.2. The summed E-state index contributed by atoms with van der Waals surface area (Å²) in [4.78, 5) is 11.7. The Morgan fingerprint density at radius 2 is 1.88 bits per heavy atom. The van der Waals surface area contributed by atoms with E-state index >= 15 is 0 Å². The highest BCUT2D eigenvalue weighted by Gasteiger charge is 2.22. The SMILES string of the molecule is CC(NC(=O)CNC(C)(C)C)C1CCCC1. The van der Waals surface area contributed by atoms with Crippen LogP contribution >= 0.6 is 0 Å². The smallest absolute Gasteiger partial charge is 0.234 e. The molecule has 0 aliphatic heterocycles. The van der Waals surface area contributed by atoms with Gasteiger partial charge >= 0.3 is 0 Å². The third-order valence-corrected chi connectivity index (χ3v) is 3.27. The first-order valence-corrected chi connectivity index (χ1v) is 6.43. The van der Waals surface area contributed by atoms with Gasteiger partial charge in [-0.15, -0.1) is 0 Å². The molecule has 1 saturated carbocycles. The van der Waals surface area contributed by atoms with Crippen LogP contribution in [-0.2, 0) is 4.79 Å². The number of rotatable bonds is 4. The van der Waals surface area contributed by atoms with Crippen LogP contribution in [0.25, 0.3) is 0 Å². The highest BCUT2D eigenvalue weighted by atomic mass is 16.2. The molecule has 1 amide bonds. The van der Waals surface area contributed by atoms with Crippen LogP contribution in [0.15, 0.2) is 0 Å². The molecule has 0 saturated heterocycles. The molecule has 3 heteroatoms. The fourth-order valence-electron chi connectivity index (χ4n) is 2.23. The molecule has 16 heavy (non-hydrogen) atoms. The van der Waals surface area contributed by atoms with E-state index in [4.69, 9.17) is 0 Å². The zero-order valence-corrected chi connectivity index (χ0v) is 11.1. The van der Waals surface area contributed by atoms with Gasteiger partial charge in [0.2, 0.25) is 5.91 Å². The normalized spacial score (nSPS) is 19.8. The van der Waals surface area contributed by atoms with Crippen molar-refractivity contribution in [3.63, 3.8) is 0 Å². The summed E-state index contributed by atoms with van der Waals surface area (Å²) in [6.07, 6.45) is 5.19. The number of carbonyl (C=O) groups is 1. The Bertz CT molecular complexity index is 227. The largest absolute Gasteiger partial charge is 0.352 e. The van der Waals surface area contributed by atoms with Crippen molar-refractivity contribution in [3.8, 4) is 0 Å². The molecule has 1 atom stereocenters. The van der Waals surface area contributed by atoms with E-state index in [0.29, 0.717) is 18.5 Å². The van der Waals surface area contributed by atoms with Gasteiger partial charge in [0.05, 0.1) is 6.54 Å². The van der Waals surface area contributed by atoms with Crippen LogP contribution in [0.5, 0.6) is 0 Å². The van der Waals surface area contributed by atoms with Crippen molar-refractivity contribution in [3.05, 3.63) is 0 Å². The lowest BCUT2D eigenvalue weighted by molar-refractivity contribution is -0.121. The Labute approximate surface area is 99.4 Å². The van der Waals surface area contributed by atoms with E-state index in [-0.39, 0.29) is 11.4 Å². The molecule has 0 aromatic heterocycles. The lowest BCUT2D eigenvalue weighted by Gasteiger charge is -2.23. The van der Waals surface area contributed by atoms with Gasteiger partial charge in [-0.1, -0.05) is 12.8 Å². The molecule has 0 bridgehead atoms. The van der Waals surface area contributed by atoms with E-state index in [1.807, 2.05) is 0 Å². The highest BCUT2D eigenvalue weighted by molar-refractivity contribution is 5.78. The molecule has 0 spiro atoms. The van der Waals surface area contributed by atoms with Crippen molar-refractivity contribution in [2.45, 2.75) is 65.0 Å². The van der Waals surface area contributed by atoms with Crippen molar-refractivity contribution < 1.29 is 4.79 Å². The molecule has 94 valence electrons. The molecular weight excluding hydrogens is 200 g/mol. The van der Waals surface area contributed by atoms with E-state index in [9.17, 15) is 4.79 Å². The van der Waals surface area contributed by atoms with Gasteiger partial charge in [-0.2, -0.15) is 0 Å². The van der Waals surface area contributed by atoms with Gasteiger partial charge < -0.3 is 10.6 Å². The molecule has 0 heterocycles. The Kier molecular flexibility index (Phi) is 4.78. The minimum atomic E-state index is 0.00787. The van der Waals surface area contributed by atoms with E-state index < -0.39 is 0 Å². The molecule has 2 N–H and O–H groups in total. The summed E-state index contributed by atoms with van der Waals surface area (Å²) in [5.74, 6) is 0.813. The number of nitrogens with one attached hydrogen (secondary N) is 2. The average Bonchev–Trinajstić information content (AvgIpc) is 2.66. The minimum absolute atomic E-state index is 0.00787. The molecule has 1 aliphatic carbocycles. The maximum Gasteiger partial charge on any atom is 0.234 e. The van der Waals surface area contributed by atoms with E-state index in [2.05, 4.69) is 38.3 Å². The van der Waals surface area contributed by atoms with Gasteiger partial charge in [-0.3, -0.25) is 4.79 Å². The van der Waals surface area contributed by atoms with Crippen LogP contribution in [0.1, 0.15) is 53.4 Å². The molecule has 0 radical (unpaired) electrons. The Hall–Kier alpha value is -0.570. The summed E-state index contributed by atoms with van der Waals surface area (Å²) in [7, 11) is 0. The fraction of sp³-hybridized carbons (Fsp3) is 0.923. The van der Waals surface area contributed by atoms with Gasteiger partial charge in [0, 0.05) is 11.6 Å². The molecule has 3 nitrogen and oxygen atoms in total. The molecule has 1 aliphatic rings. The zero-order valence-electron chi connectivity index (χ0n) is 11.1. The number of hydrogen-bond donors (Lipinski definition) is 2. The second-order valence-corrected chi connectivity index (χ2v) is 6.00. The summed E-state index contributed by atoms with van der Waals surface area (Å²) in [6, 6.07) is 0.330. The summed E-state index contributed by atoms with van der Waals surface area (Å²) >= 11 is 0. The summed E-state index contributed by atoms with van der Waals surface area (Å²) in [5, 5.41) is 6.30. The van der Waals surface area contributed by atoms with Crippen LogP contribution in [0.4, 0.5) is 0 Å². The lowest BCUT2D eigenvalue weighted by atomic mass is 10.00. The molecule has 1 fully saturated rings. The Morgan fingerprint density at radius 3 is 2.38 bits per heavy atom. The van der Waals surface area contributed by atoms with Crippen molar-refractivity contribution >= 4 is 5.91 Å². The summed E-state index contributed by atoms with van der Waals surface area (Å²) in [5.41, 5.74) is 0.00787. The Morgan fingerprint density at radius 1 is 1.31 bits per heavy atom. The van der Waals surface area contributed by atoms with Gasteiger partial charge in [0.25, 0.3) is 0 Å². The number of hydrogen-bond acceptors (Lipinski definition) is 2. The quantitative estimate of drug-likeness (QED) is 0.770. The molecule has 0 aromatic carbocycles. The topological polar surface area (TPSA) is 41.1 Å². The van der Waals surface area contributed by atoms with Crippen LogP contribution in [0.2, 0.25) is 0 Å². The maximum absolute atomic E-state index is 11.7. The van der Waals surface area contributed by atoms with Crippen LogP contribution in [0.3, 0.4) is 0 Å². The second kappa shape index (κ2) is 5.67. The van der Waals surface area contributed by atoms with Crippen molar-refractivity contribution in [1.29, 1.82) is 0 Å². The van der Waals surface area contributed by atoms with Crippen LogP contribution < -0.4 is 10.6 Å². The molecule has 0 aromatic rings. The Balaban J connectivity index is 2.22. The molecular formula is C13H26N2O. The van der Waals surface area contributed by atoms with E-state index in [1.165, 1.54) is 25.7 Å². The first-order chi connectivity index (χ1) is 7.38. The van der Waals surface area contributed by atoms with E-state index in [1.54, 1.807) is 0 Å². The predicted octanol–water partition coefficient (Wildman–Crippen LogP) is 2.07. The van der Waals surface area contributed by atoms with Crippen LogP contribution in [0, 0.1) is 5.92 Å². The minimum Gasteiger partial charge on any atom is -0.352 e. The van der Waals surface area contributed by atoms with E-state index in [0.717, 1.165) is 0 Å². The summed E-state index contributed by atoms with van der Waals surface area (Å²) in [6.45, 7) is 8.76. The predicted molar refractivity (Wildman–Crippen MR) is 67.3 cm³/mol. The fourth-order valence-corrected chi connectivity index (χ4v) is 2.23. The van der Waals surface area contributed by atoms with Crippen molar-refractivity contribution in [2.24, 2.45) is 5.92 Å². The standard InChI is InChI=1S/C13H26N2O/c1-10(11-7-5-6-8-11)15-12(16)9-14-13(2,3)4/h10-11,14H,5-9H2,1-4H3,(H,15,16). The summed E-state index contributed by atoms with van der Waals surface area (Å²) < 4.78 is 0. The number of carbonyl (C=O) groups excluding carboxylic acids is 1. The third-order valence-electron chi connectivity index (χ3n) is 3.27. The first kappa shape index (κ1) is 13.5. The molecule has 1 rings (SSSR count). The van der Waals surface area contributed by atoms with Gasteiger partial charge in [-0.05, 0) is 46.5 Å². The van der Waals surface area contributed by atoms with Crippen LogP contribution in [-0.4, -0.2) is 24.0 Å². The monoisotopic (exact) mass is 226 g/mol. The highest BCUT2D eigenvalue weighted by Crippen LogP contribution is 2.27. The lowest BCUT2D eigenvalue weighted by Crippen LogP contribution is -2.46. The molecule has 1 unspecified atom stereocenters. The second-order valence-electron chi connectivity index (χ2n) is 6.00. The van der Waals surface area contributed by atoms with Crippen molar-refractivity contribution in [2.75, 3.05) is 6.54 Å². The van der Waals surface area contributed by atoms with Gasteiger partial charge in [0.15, 0.2) is 0 Å². The van der Waals surface area contributed by atoms with Gasteiger partial charge in [0.1, 0.15) is 0 Å². The van der Waals surface area contributed by atoms with Gasteiger partial charge in [-0.25, -0.2) is 0 Å².